The van der Waals surface area contributed by atoms with Crippen molar-refractivity contribution in [1.29, 1.82) is 0 Å². The Hall–Kier alpha value is -1.90. The Kier molecular flexibility index (Phi) is 3.84. The van der Waals surface area contributed by atoms with Gasteiger partial charge in [0.15, 0.2) is 5.78 Å². The molecule has 0 aliphatic heterocycles. The molecule has 19 heavy (non-hydrogen) atoms. The number of rotatable bonds is 4. The summed E-state index contributed by atoms with van der Waals surface area (Å²) in [6.07, 6.45) is 1.70. The lowest BCUT2D eigenvalue weighted by atomic mass is 9.97. The molecule has 1 aromatic carbocycles. The number of aromatic nitrogens is 2. The van der Waals surface area contributed by atoms with Crippen LogP contribution < -0.4 is 0 Å². The van der Waals surface area contributed by atoms with Crippen molar-refractivity contribution in [2.24, 2.45) is 5.92 Å². The fourth-order valence-corrected chi connectivity index (χ4v) is 2.19. The molecule has 3 nitrogen and oxygen atoms in total. The minimum Gasteiger partial charge on any atom is -0.294 e. The predicted octanol–water partition coefficient (Wildman–Crippen LogP) is 3.83. The molecule has 0 saturated carbocycles. The topological polar surface area (TPSA) is 34.9 Å². The van der Waals surface area contributed by atoms with E-state index in [1.165, 1.54) is 0 Å². The zero-order chi connectivity index (χ0) is 14.0. The van der Waals surface area contributed by atoms with Gasteiger partial charge in [-0.05, 0) is 18.1 Å². The van der Waals surface area contributed by atoms with E-state index in [4.69, 9.17) is 0 Å². The van der Waals surface area contributed by atoms with Crippen molar-refractivity contribution in [2.45, 2.75) is 33.6 Å². The number of Topliss-reactive ketones (excluding diaryl/α,β-unsaturated/α-hetero) is 1. The molecule has 0 aliphatic rings. The van der Waals surface area contributed by atoms with E-state index in [0.717, 1.165) is 16.9 Å². The number of carbonyl (C=O) groups excluding carboxylic acids is 1. The molecule has 0 fully saturated rings. The fourth-order valence-electron chi connectivity index (χ4n) is 2.19. The third kappa shape index (κ3) is 2.60. The second-order valence-electron chi connectivity index (χ2n) is 5.36. The molecule has 2 aromatic rings. The van der Waals surface area contributed by atoms with Crippen LogP contribution in [0, 0.1) is 5.92 Å². The maximum absolute atomic E-state index is 12.3. The maximum atomic E-state index is 12.3. The van der Waals surface area contributed by atoms with Gasteiger partial charge in [-0.1, -0.05) is 45.9 Å². The molecule has 0 bridgehead atoms. The third-order valence-corrected chi connectivity index (χ3v) is 3.14. The summed E-state index contributed by atoms with van der Waals surface area (Å²) in [5.74, 6) is 0.400. The minimum absolute atomic E-state index is 0.00840. The van der Waals surface area contributed by atoms with Gasteiger partial charge in [0.1, 0.15) is 0 Å². The predicted molar refractivity (Wildman–Crippen MR) is 76.8 cm³/mol. The summed E-state index contributed by atoms with van der Waals surface area (Å²) in [7, 11) is 0. The van der Waals surface area contributed by atoms with Gasteiger partial charge in [0.05, 0.1) is 23.1 Å². The fraction of sp³-hybridized carbons (Fsp3) is 0.375. The van der Waals surface area contributed by atoms with E-state index in [0.29, 0.717) is 0 Å². The summed E-state index contributed by atoms with van der Waals surface area (Å²) in [6.45, 7) is 8.03. The Morgan fingerprint density at radius 1 is 1.11 bits per heavy atom. The second-order valence-corrected chi connectivity index (χ2v) is 5.36. The average Bonchev–Trinajstić information content (AvgIpc) is 2.83. The molecule has 0 N–H and O–H groups in total. The van der Waals surface area contributed by atoms with Crippen molar-refractivity contribution < 1.29 is 4.79 Å². The van der Waals surface area contributed by atoms with Crippen LogP contribution in [0.2, 0.25) is 0 Å². The normalized spacial score (nSPS) is 11.3. The highest BCUT2D eigenvalue weighted by Crippen LogP contribution is 2.24. The van der Waals surface area contributed by atoms with Gasteiger partial charge in [-0.15, -0.1) is 0 Å². The van der Waals surface area contributed by atoms with Crippen LogP contribution in [-0.2, 0) is 0 Å². The summed E-state index contributed by atoms with van der Waals surface area (Å²) in [4.78, 5) is 12.3. The van der Waals surface area contributed by atoms with Crippen molar-refractivity contribution in [3.63, 3.8) is 0 Å². The van der Waals surface area contributed by atoms with Crippen LogP contribution in [0.25, 0.3) is 5.69 Å². The number of nitrogens with zero attached hydrogens (tertiary/aromatic N) is 2. The van der Waals surface area contributed by atoms with Crippen molar-refractivity contribution in [2.75, 3.05) is 0 Å². The largest absolute Gasteiger partial charge is 0.294 e. The molecule has 0 atom stereocenters. The number of para-hydroxylation sites is 1. The summed E-state index contributed by atoms with van der Waals surface area (Å²) in [5.41, 5.74) is 2.73. The van der Waals surface area contributed by atoms with Crippen molar-refractivity contribution in [3.8, 4) is 5.69 Å². The smallest absolute Gasteiger partial charge is 0.168 e. The van der Waals surface area contributed by atoms with Crippen LogP contribution in [0.15, 0.2) is 36.5 Å². The van der Waals surface area contributed by atoms with Gasteiger partial charge in [0, 0.05) is 5.92 Å². The van der Waals surface area contributed by atoms with Crippen LogP contribution in [0.4, 0.5) is 0 Å². The first-order valence-electron chi connectivity index (χ1n) is 6.70. The molecule has 0 aliphatic carbocycles. The summed E-state index contributed by atoms with van der Waals surface area (Å²) in [5, 5.41) is 4.41. The molecular formula is C16H20N2O. The first kappa shape index (κ1) is 13.5. The molecule has 100 valence electrons. The van der Waals surface area contributed by atoms with Gasteiger partial charge in [-0.25, -0.2) is 4.68 Å². The molecule has 0 amide bonds. The first-order chi connectivity index (χ1) is 9.02. The number of hydrogen-bond acceptors (Lipinski definition) is 2. The lowest BCUT2D eigenvalue weighted by Gasteiger charge is -2.13. The Bertz CT molecular complexity index is 568. The number of hydrogen-bond donors (Lipinski definition) is 0. The van der Waals surface area contributed by atoms with Gasteiger partial charge >= 0.3 is 0 Å². The lowest BCUT2D eigenvalue weighted by molar-refractivity contribution is 0.0938. The Morgan fingerprint density at radius 2 is 1.74 bits per heavy atom. The highest BCUT2D eigenvalue weighted by atomic mass is 16.1. The van der Waals surface area contributed by atoms with Gasteiger partial charge in [0.2, 0.25) is 0 Å². The Morgan fingerprint density at radius 3 is 2.26 bits per heavy atom. The first-order valence-corrected chi connectivity index (χ1v) is 6.70. The van der Waals surface area contributed by atoms with Crippen LogP contribution >= 0.6 is 0 Å². The number of benzene rings is 1. The molecule has 3 heteroatoms. The van der Waals surface area contributed by atoms with E-state index in [2.05, 4.69) is 18.9 Å². The van der Waals surface area contributed by atoms with E-state index < -0.39 is 0 Å². The molecule has 0 saturated heterocycles. The van der Waals surface area contributed by atoms with Crippen molar-refractivity contribution in [1.82, 2.24) is 9.78 Å². The van der Waals surface area contributed by atoms with Crippen LogP contribution in [0.3, 0.4) is 0 Å². The number of ketones is 1. The SMILES string of the molecule is CC(C)C(=O)c1cnn(-c2ccccc2)c1C(C)C. The van der Waals surface area contributed by atoms with Gasteiger partial charge in [0.25, 0.3) is 0 Å². The summed E-state index contributed by atoms with van der Waals surface area (Å²) < 4.78 is 1.88. The maximum Gasteiger partial charge on any atom is 0.168 e. The third-order valence-electron chi connectivity index (χ3n) is 3.14. The molecule has 2 rings (SSSR count). The van der Waals surface area contributed by atoms with Gasteiger partial charge in [-0.3, -0.25) is 4.79 Å². The van der Waals surface area contributed by atoms with Gasteiger partial charge in [-0.2, -0.15) is 5.10 Å². The summed E-state index contributed by atoms with van der Waals surface area (Å²) >= 11 is 0. The molecule has 0 spiro atoms. The van der Waals surface area contributed by atoms with Gasteiger partial charge < -0.3 is 0 Å². The monoisotopic (exact) mass is 256 g/mol. The molecule has 1 aromatic heterocycles. The molecule has 0 unspecified atom stereocenters. The average molecular weight is 256 g/mol. The highest BCUT2D eigenvalue weighted by Gasteiger charge is 2.22. The molecule has 0 radical (unpaired) electrons. The Balaban J connectivity index is 2.56. The summed E-state index contributed by atoms with van der Waals surface area (Å²) in [6, 6.07) is 9.93. The molecular weight excluding hydrogens is 236 g/mol. The van der Waals surface area contributed by atoms with E-state index in [1.54, 1.807) is 6.20 Å². The van der Waals surface area contributed by atoms with E-state index in [1.807, 2.05) is 48.9 Å². The second kappa shape index (κ2) is 5.39. The van der Waals surface area contributed by atoms with Crippen LogP contribution in [0.1, 0.15) is 49.7 Å². The number of carbonyl (C=O) groups is 1. The van der Waals surface area contributed by atoms with Crippen LogP contribution in [-0.4, -0.2) is 15.6 Å². The zero-order valence-corrected chi connectivity index (χ0v) is 11.9. The van der Waals surface area contributed by atoms with Crippen molar-refractivity contribution >= 4 is 5.78 Å². The van der Waals surface area contributed by atoms with E-state index in [-0.39, 0.29) is 17.6 Å². The van der Waals surface area contributed by atoms with Crippen LogP contribution in [0.5, 0.6) is 0 Å². The van der Waals surface area contributed by atoms with Crippen molar-refractivity contribution in [3.05, 3.63) is 47.8 Å². The van der Waals surface area contributed by atoms with E-state index >= 15 is 0 Å². The lowest BCUT2D eigenvalue weighted by Crippen LogP contribution is -2.12. The quantitative estimate of drug-likeness (QED) is 0.779. The standard InChI is InChI=1S/C16H20N2O/c1-11(2)15-14(16(19)12(3)4)10-17-18(15)13-8-6-5-7-9-13/h5-12H,1-4H3. The minimum atomic E-state index is -0.00840. The zero-order valence-electron chi connectivity index (χ0n) is 11.9. The van der Waals surface area contributed by atoms with E-state index in [9.17, 15) is 4.79 Å². The highest BCUT2D eigenvalue weighted by molar-refractivity contribution is 5.98. The molecule has 1 heterocycles. The Labute approximate surface area is 114 Å².